The fourth-order valence-corrected chi connectivity index (χ4v) is 2.18. The normalized spacial score (nSPS) is 11.0. The molecule has 0 aromatic heterocycles. The Labute approximate surface area is 143 Å². The summed E-state index contributed by atoms with van der Waals surface area (Å²) in [6.07, 6.45) is 3.99. The predicted molar refractivity (Wildman–Crippen MR) is 96.6 cm³/mol. The largest absolute Gasteiger partial charge is 0.489 e. The van der Waals surface area contributed by atoms with Gasteiger partial charge in [-0.3, -0.25) is 0 Å². The molecule has 3 nitrogen and oxygen atoms in total. The fourth-order valence-electron chi connectivity index (χ4n) is 2.18. The van der Waals surface area contributed by atoms with E-state index >= 15 is 0 Å². The Morgan fingerprint density at radius 2 is 1.79 bits per heavy atom. The van der Waals surface area contributed by atoms with Crippen molar-refractivity contribution in [2.75, 3.05) is 6.61 Å². The van der Waals surface area contributed by atoms with Crippen LogP contribution in [0.15, 0.2) is 72.8 Å². The van der Waals surface area contributed by atoms with Crippen LogP contribution in [0.3, 0.4) is 0 Å². The van der Waals surface area contributed by atoms with Crippen molar-refractivity contribution in [2.45, 2.75) is 20.0 Å². The van der Waals surface area contributed by atoms with Crippen LogP contribution in [0.2, 0.25) is 0 Å². The molecule has 0 fully saturated rings. The van der Waals surface area contributed by atoms with Crippen LogP contribution in [-0.2, 0) is 16.1 Å². The number of ether oxygens (including phenoxy) is 2. The summed E-state index contributed by atoms with van der Waals surface area (Å²) in [5, 5.41) is 0. The summed E-state index contributed by atoms with van der Waals surface area (Å²) in [5.74, 6) is 0.485. The van der Waals surface area contributed by atoms with E-state index < -0.39 is 0 Å². The van der Waals surface area contributed by atoms with Gasteiger partial charge in [0.1, 0.15) is 12.4 Å². The van der Waals surface area contributed by atoms with Crippen molar-refractivity contribution in [3.8, 4) is 5.75 Å². The summed E-state index contributed by atoms with van der Waals surface area (Å²) in [5.41, 5.74) is 2.63. The Kier molecular flexibility index (Phi) is 6.84. The van der Waals surface area contributed by atoms with Crippen LogP contribution in [0.5, 0.6) is 5.75 Å². The first-order chi connectivity index (χ1) is 11.7. The maximum atomic E-state index is 11.9. The highest BCUT2D eigenvalue weighted by molar-refractivity contribution is 5.94. The van der Waals surface area contributed by atoms with E-state index in [9.17, 15) is 4.79 Å². The zero-order valence-corrected chi connectivity index (χ0v) is 13.9. The van der Waals surface area contributed by atoms with Gasteiger partial charge in [0, 0.05) is 5.57 Å². The first-order valence-corrected chi connectivity index (χ1v) is 7.98. The lowest BCUT2D eigenvalue weighted by Crippen LogP contribution is -2.07. The zero-order chi connectivity index (χ0) is 17.2. The number of hydrogen-bond acceptors (Lipinski definition) is 3. The maximum Gasteiger partial charge on any atom is 0.334 e. The summed E-state index contributed by atoms with van der Waals surface area (Å²) in [4.78, 5) is 11.9. The molecule has 2 aromatic carbocycles. The van der Waals surface area contributed by atoms with Gasteiger partial charge in [-0.15, -0.1) is 6.58 Å². The molecule has 0 saturated carbocycles. The second-order valence-corrected chi connectivity index (χ2v) is 5.23. The highest BCUT2D eigenvalue weighted by Gasteiger charge is 2.08. The Morgan fingerprint density at radius 3 is 2.42 bits per heavy atom. The Bertz CT molecular complexity index is 685. The van der Waals surface area contributed by atoms with E-state index in [2.05, 4.69) is 6.58 Å². The smallest absolute Gasteiger partial charge is 0.334 e. The van der Waals surface area contributed by atoms with Crippen molar-refractivity contribution in [1.29, 1.82) is 0 Å². The van der Waals surface area contributed by atoms with E-state index in [0.717, 1.165) is 16.9 Å². The van der Waals surface area contributed by atoms with Gasteiger partial charge in [0.15, 0.2) is 0 Å². The third-order valence-electron chi connectivity index (χ3n) is 3.37. The standard InChI is InChI=1S/C21H22O3/c1-3-8-19(21(22)23-4-2)15-17-11-13-20(14-12-17)24-16-18-9-6-5-7-10-18/h3,5-7,9-15H,1,4,8,16H2,2H3/b19-15+. The van der Waals surface area contributed by atoms with Crippen LogP contribution in [0.25, 0.3) is 6.08 Å². The SMILES string of the molecule is C=CC/C(=C\c1ccc(OCc2ccccc2)cc1)C(=O)OCC. The van der Waals surface area contributed by atoms with Crippen LogP contribution < -0.4 is 4.74 Å². The van der Waals surface area contributed by atoms with Crippen LogP contribution in [-0.4, -0.2) is 12.6 Å². The fraction of sp³-hybridized carbons (Fsp3) is 0.190. The molecule has 124 valence electrons. The molecular formula is C21H22O3. The molecule has 24 heavy (non-hydrogen) atoms. The van der Waals surface area contributed by atoms with Crippen LogP contribution >= 0.6 is 0 Å². The second-order valence-electron chi connectivity index (χ2n) is 5.23. The molecule has 0 amide bonds. The predicted octanol–water partition coefficient (Wildman–Crippen LogP) is 4.79. The number of esters is 1. The van der Waals surface area contributed by atoms with Crippen molar-refractivity contribution in [1.82, 2.24) is 0 Å². The average molecular weight is 322 g/mol. The lowest BCUT2D eigenvalue weighted by molar-refractivity contribution is -0.138. The van der Waals surface area contributed by atoms with Gasteiger partial charge >= 0.3 is 5.97 Å². The molecule has 0 atom stereocenters. The third kappa shape index (κ3) is 5.43. The van der Waals surface area contributed by atoms with E-state index in [4.69, 9.17) is 9.47 Å². The Morgan fingerprint density at radius 1 is 1.08 bits per heavy atom. The maximum absolute atomic E-state index is 11.9. The summed E-state index contributed by atoms with van der Waals surface area (Å²) in [7, 11) is 0. The average Bonchev–Trinajstić information content (AvgIpc) is 2.62. The Hall–Kier alpha value is -2.81. The van der Waals surface area contributed by atoms with E-state index in [1.807, 2.05) is 60.7 Å². The van der Waals surface area contributed by atoms with Crippen molar-refractivity contribution in [2.24, 2.45) is 0 Å². The number of rotatable bonds is 8. The molecule has 0 spiro atoms. The minimum absolute atomic E-state index is 0.304. The van der Waals surface area contributed by atoms with Crippen molar-refractivity contribution >= 4 is 12.0 Å². The van der Waals surface area contributed by atoms with Crippen LogP contribution in [0.4, 0.5) is 0 Å². The molecule has 0 saturated heterocycles. The number of carbonyl (C=O) groups is 1. The summed E-state index contributed by atoms with van der Waals surface area (Å²) in [6, 6.07) is 17.6. The summed E-state index contributed by atoms with van der Waals surface area (Å²) in [6.45, 7) is 6.37. The van der Waals surface area contributed by atoms with Gasteiger partial charge in [-0.25, -0.2) is 4.79 Å². The molecule has 2 aromatic rings. The number of carbonyl (C=O) groups excluding carboxylic acids is 1. The van der Waals surface area contributed by atoms with Gasteiger partial charge in [0.25, 0.3) is 0 Å². The van der Waals surface area contributed by atoms with Crippen LogP contribution in [0, 0.1) is 0 Å². The number of benzene rings is 2. The molecule has 0 bridgehead atoms. The highest BCUT2D eigenvalue weighted by atomic mass is 16.5. The lowest BCUT2D eigenvalue weighted by Gasteiger charge is -2.07. The second kappa shape index (κ2) is 9.36. The molecule has 0 N–H and O–H groups in total. The highest BCUT2D eigenvalue weighted by Crippen LogP contribution is 2.18. The Balaban J connectivity index is 2.03. The van der Waals surface area contributed by atoms with Crippen molar-refractivity contribution in [3.63, 3.8) is 0 Å². The van der Waals surface area contributed by atoms with Gasteiger partial charge in [-0.05, 0) is 42.7 Å². The van der Waals surface area contributed by atoms with Gasteiger partial charge in [-0.2, -0.15) is 0 Å². The minimum atomic E-state index is -0.304. The molecule has 0 aliphatic carbocycles. The van der Waals surface area contributed by atoms with Gasteiger partial charge in [0.05, 0.1) is 6.61 Å². The monoisotopic (exact) mass is 322 g/mol. The first-order valence-electron chi connectivity index (χ1n) is 7.98. The molecule has 3 heteroatoms. The molecule has 2 rings (SSSR count). The molecule has 0 aliphatic heterocycles. The quantitative estimate of drug-likeness (QED) is 0.398. The van der Waals surface area contributed by atoms with E-state index in [0.29, 0.717) is 25.2 Å². The lowest BCUT2D eigenvalue weighted by atomic mass is 10.1. The van der Waals surface area contributed by atoms with E-state index in [1.165, 1.54) is 0 Å². The summed E-state index contributed by atoms with van der Waals surface area (Å²) >= 11 is 0. The molecule has 0 aliphatic rings. The van der Waals surface area contributed by atoms with E-state index in [-0.39, 0.29) is 5.97 Å². The van der Waals surface area contributed by atoms with Crippen molar-refractivity contribution < 1.29 is 14.3 Å². The van der Waals surface area contributed by atoms with Crippen molar-refractivity contribution in [3.05, 3.63) is 84.0 Å². The molecule has 0 radical (unpaired) electrons. The topological polar surface area (TPSA) is 35.5 Å². The molecule has 0 unspecified atom stereocenters. The minimum Gasteiger partial charge on any atom is -0.489 e. The summed E-state index contributed by atoms with van der Waals surface area (Å²) < 4.78 is 10.8. The molecular weight excluding hydrogens is 300 g/mol. The van der Waals surface area contributed by atoms with Gasteiger partial charge < -0.3 is 9.47 Å². The molecule has 0 heterocycles. The first kappa shape index (κ1) is 17.5. The number of allylic oxidation sites excluding steroid dienone is 1. The van der Waals surface area contributed by atoms with Gasteiger partial charge in [-0.1, -0.05) is 48.5 Å². The van der Waals surface area contributed by atoms with E-state index in [1.54, 1.807) is 13.0 Å². The zero-order valence-electron chi connectivity index (χ0n) is 13.9. The van der Waals surface area contributed by atoms with Crippen LogP contribution in [0.1, 0.15) is 24.5 Å². The van der Waals surface area contributed by atoms with Gasteiger partial charge in [0.2, 0.25) is 0 Å². The number of hydrogen-bond donors (Lipinski definition) is 0. The third-order valence-corrected chi connectivity index (χ3v) is 3.37.